The number of phenols is 1. The summed E-state index contributed by atoms with van der Waals surface area (Å²) in [6.45, 7) is 5.74. The van der Waals surface area contributed by atoms with Crippen LogP contribution in [0.5, 0.6) is 5.75 Å². The second kappa shape index (κ2) is 8.87. The quantitative estimate of drug-likeness (QED) is 0.819. The van der Waals surface area contributed by atoms with Crippen LogP contribution in [0.3, 0.4) is 0 Å². The van der Waals surface area contributed by atoms with E-state index in [0.29, 0.717) is 12.3 Å². The lowest BCUT2D eigenvalue weighted by Crippen LogP contribution is -2.49. The highest BCUT2D eigenvalue weighted by Crippen LogP contribution is 2.27. The van der Waals surface area contributed by atoms with Gasteiger partial charge in [0.25, 0.3) is 0 Å². The van der Waals surface area contributed by atoms with Crippen molar-refractivity contribution in [2.24, 2.45) is 0 Å². The molecule has 1 saturated heterocycles. The topological polar surface area (TPSA) is 55.8 Å². The number of nitrogens with zero attached hydrogens (tertiary/aromatic N) is 2. The smallest absolute Gasteiger partial charge is 0.234 e. The minimum atomic E-state index is 0.0253. The zero-order valence-electron chi connectivity index (χ0n) is 17.2. The zero-order chi connectivity index (χ0) is 20.2. The number of benzene rings is 2. The van der Waals surface area contributed by atoms with Crippen LogP contribution in [-0.2, 0) is 17.6 Å². The van der Waals surface area contributed by atoms with Gasteiger partial charge in [-0.05, 0) is 61.4 Å². The van der Waals surface area contributed by atoms with E-state index in [0.717, 1.165) is 38.3 Å². The molecule has 1 atom stereocenters. The van der Waals surface area contributed by atoms with Crippen molar-refractivity contribution in [2.75, 3.05) is 37.6 Å². The van der Waals surface area contributed by atoms with Gasteiger partial charge < -0.3 is 15.3 Å². The Balaban J connectivity index is 1.27. The van der Waals surface area contributed by atoms with Crippen molar-refractivity contribution in [3.8, 4) is 5.75 Å². The van der Waals surface area contributed by atoms with Crippen molar-refractivity contribution in [3.05, 3.63) is 59.2 Å². The molecule has 2 aromatic carbocycles. The number of para-hydroxylation sites is 2. The third-order valence-electron chi connectivity index (χ3n) is 6.21. The number of carbonyl (C=O) groups is 1. The lowest BCUT2D eigenvalue weighted by Gasteiger charge is -2.36. The Labute approximate surface area is 173 Å². The maximum atomic E-state index is 12.6. The first-order valence-corrected chi connectivity index (χ1v) is 10.8. The monoisotopic (exact) mass is 393 g/mol. The van der Waals surface area contributed by atoms with Gasteiger partial charge in [-0.2, -0.15) is 0 Å². The first-order valence-electron chi connectivity index (χ1n) is 10.8. The lowest BCUT2D eigenvalue weighted by molar-refractivity contribution is -0.123. The normalized spacial score (nSPS) is 18.2. The van der Waals surface area contributed by atoms with E-state index in [1.807, 2.05) is 18.2 Å². The van der Waals surface area contributed by atoms with Crippen molar-refractivity contribution in [3.63, 3.8) is 0 Å². The molecule has 1 aliphatic carbocycles. The molecule has 1 heterocycles. The summed E-state index contributed by atoms with van der Waals surface area (Å²) in [5, 5.41) is 13.2. The minimum Gasteiger partial charge on any atom is -0.506 e. The second-order valence-corrected chi connectivity index (χ2v) is 8.28. The fourth-order valence-electron chi connectivity index (χ4n) is 4.47. The van der Waals surface area contributed by atoms with Crippen LogP contribution < -0.4 is 10.2 Å². The van der Waals surface area contributed by atoms with Gasteiger partial charge in [-0.15, -0.1) is 0 Å². The Morgan fingerprint density at radius 2 is 1.76 bits per heavy atom. The van der Waals surface area contributed by atoms with Gasteiger partial charge in [0.15, 0.2) is 0 Å². The summed E-state index contributed by atoms with van der Waals surface area (Å²) in [5.41, 5.74) is 5.00. The van der Waals surface area contributed by atoms with Crippen molar-refractivity contribution < 1.29 is 9.90 Å². The molecule has 0 spiro atoms. The van der Waals surface area contributed by atoms with Crippen molar-refractivity contribution in [1.82, 2.24) is 10.2 Å². The molecule has 1 aliphatic heterocycles. The van der Waals surface area contributed by atoms with E-state index < -0.39 is 0 Å². The summed E-state index contributed by atoms with van der Waals surface area (Å²) in [5.74, 6) is 0.392. The van der Waals surface area contributed by atoms with Gasteiger partial charge in [0.2, 0.25) is 5.91 Å². The molecule has 154 valence electrons. The average molecular weight is 394 g/mol. The number of anilines is 1. The SMILES string of the molecule is C[C@@H](NC(=O)CN1CCN(c2ccccc2O)CC1)c1ccc2c(c1)CCCC2. The highest BCUT2D eigenvalue weighted by Gasteiger charge is 2.21. The lowest BCUT2D eigenvalue weighted by atomic mass is 9.89. The van der Waals surface area contributed by atoms with E-state index in [2.05, 4.69) is 40.2 Å². The summed E-state index contributed by atoms with van der Waals surface area (Å²) in [6, 6.07) is 14.2. The summed E-state index contributed by atoms with van der Waals surface area (Å²) in [7, 11) is 0. The van der Waals surface area contributed by atoms with Crippen LogP contribution in [0.25, 0.3) is 0 Å². The Morgan fingerprint density at radius 3 is 2.52 bits per heavy atom. The highest BCUT2D eigenvalue weighted by molar-refractivity contribution is 5.78. The molecule has 2 aliphatic rings. The number of amides is 1. The summed E-state index contributed by atoms with van der Waals surface area (Å²) in [4.78, 5) is 16.9. The number of hydrogen-bond acceptors (Lipinski definition) is 4. The summed E-state index contributed by atoms with van der Waals surface area (Å²) < 4.78 is 0. The minimum absolute atomic E-state index is 0.0253. The van der Waals surface area contributed by atoms with Crippen LogP contribution in [-0.4, -0.2) is 48.6 Å². The second-order valence-electron chi connectivity index (χ2n) is 8.28. The molecule has 5 heteroatoms. The Morgan fingerprint density at radius 1 is 1.03 bits per heavy atom. The third-order valence-corrected chi connectivity index (χ3v) is 6.21. The van der Waals surface area contributed by atoms with Gasteiger partial charge in [-0.1, -0.05) is 30.3 Å². The van der Waals surface area contributed by atoms with E-state index in [9.17, 15) is 9.90 Å². The van der Waals surface area contributed by atoms with Gasteiger partial charge in [0.05, 0.1) is 18.3 Å². The number of aryl methyl sites for hydroxylation is 2. The van der Waals surface area contributed by atoms with Gasteiger partial charge >= 0.3 is 0 Å². The number of phenolic OH excluding ortho intramolecular Hbond substituents is 1. The number of aromatic hydroxyl groups is 1. The first kappa shape index (κ1) is 19.8. The van der Waals surface area contributed by atoms with Gasteiger partial charge in [-0.25, -0.2) is 0 Å². The maximum absolute atomic E-state index is 12.6. The number of nitrogens with one attached hydrogen (secondary N) is 1. The Bertz CT molecular complexity index is 859. The van der Waals surface area contributed by atoms with E-state index in [1.54, 1.807) is 6.07 Å². The van der Waals surface area contributed by atoms with E-state index in [-0.39, 0.29) is 11.9 Å². The largest absolute Gasteiger partial charge is 0.506 e. The van der Waals surface area contributed by atoms with E-state index >= 15 is 0 Å². The average Bonchev–Trinajstić information content (AvgIpc) is 2.74. The third kappa shape index (κ3) is 4.73. The zero-order valence-corrected chi connectivity index (χ0v) is 17.2. The molecular weight excluding hydrogens is 362 g/mol. The molecule has 5 nitrogen and oxygen atoms in total. The van der Waals surface area contributed by atoms with Crippen molar-refractivity contribution >= 4 is 11.6 Å². The summed E-state index contributed by atoms with van der Waals surface area (Å²) >= 11 is 0. The van der Waals surface area contributed by atoms with Crippen LogP contribution in [0.2, 0.25) is 0 Å². The molecule has 0 radical (unpaired) electrons. The van der Waals surface area contributed by atoms with Crippen molar-refractivity contribution in [2.45, 2.75) is 38.6 Å². The molecule has 0 saturated carbocycles. The predicted molar refractivity (Wildman–Crippen MR) is 116 cm³/mol. The van der Waals surface area contributed by atoms with Gasteiger partial charge in [0, 0.05) is 26.2 Å². The Kier molecular flexibility index (Phi) is 6.05. The molecule has 0 aromatic heterocycles. The van der Waals surface area contributed by atoms with Crippen LogP contribution in [0.4, 0.5) is 5.69 Å². The first-order chi connectivity index (χ1) is 14.1. The van der Waals surface area contributed by atoms with E-state index in [1.165, 1.54) is 36.0 Å². The molecule has 0 unspecified atom stereocenters. The molecule has 2 aromatic rings. The van der Waals surface area contributed by atoms with Crippen molar-refractivity contribution in [1.29, 1.82) is 0 Å². The number of rotatable bonds is 5. The fourth-order valence-corrected chi connectivity index (χ4v) is 4.47. The molecule has 29 heavy (non-hydrogen) atoms. The summed E-state index contributed by atoms with van der Waals surface area (Å²) in [6.07, 6.45) is 4.90. The standard InChI is InChI=1S/C24H31N3O2/c1-18(20-11-10-19-6-2-3-7-21(19)16-20)25-24(29)17-26-12-14-27(15-13-26)22-8-4-5-9-23(22)28/h4-5,8-11,16,18,28H,2-3,6-7,12-15,17H2,1H3,(H,25,29)/t18-/m1/s1. The van der Waals surface area contributed by atoms with Crippen LogP contribution in [0.15, 0.2) is 42.5 Å². The van der Waals surface area contributed by atoms with Gasteiger partial charge in [-0.3, -0.25) is 9.69 Å². The van der Waals surface area contributed by atoms with Crippen LogP contribution in [0.1, 0.15) is 42.5 Å². The predicted octanol–water partition coefficient (Wildman–Crippen LogP) is 3.27. The highest BCUT2D eigenvalue weighted by atomic mass is 16.3. The van der Waals surface area contributed by atoms with Crippen LogP contribution in [0, 0.1) is 0 Å². The molecule has 1 amide bonds. The molecular formula is C24H31N3O2. The number of piperazine rings is 1. The molecule has 4 rings (SSSR count). The molecule has 2 N–H and O–H groups in total. The Hall–Kier alpha value is -2.53. The fraction of sp³-hybridized carbons (Fsp3) is 0.458. The van der Waals surface area contributed by atoms with E-state index in [4.69, 9.17) is 0 Å². The van der Waals surface area contributed by atoms with Gasteiger partial charge in [0.1, 0.15) is 5.75 Å². The molecule has 0 bridgehead atoms. The number of fused-ring (bicyclic) bond motifs is 1. The number of carbonyl (C=O) groups excluding carboxylic acids is 1. The maximum Gasteiger partial charge on any atom is 0.234 e. The number of hydrogen-bond donors (Lipinski definition) is 2. The van der Waals surface area contributed by atoms with Crippen LogP contribution >= 0.6 is 0 Å². The molecule has 1 fully saturated rings.